The van der Waals surface area contributed by atoms with Crippen LogP contribution < -0.4 is 18.9 Å². The van der Waals surface area contributed by atoms with Crippen molar-refractivity contribution >= 4 is 35.3 Å². The topological polar surface area (TPSA) is 62.7 Å². The fourth-order valence-electron chi connectivity index (χ4n) is 3.70. The Kier molecular flexibility index (Phi) is 7.08. The first-order valence-electron chi connectivity index (χ1n) is 10.7. The molecule has 0 amide bonds. The quantitative estimate of drug-likeness (QED) is 0.325. The van der Waals surface area contributed by atoms with Crippen molar-refractivity contribution < 1.29 is 18.9 Å². The van der Waals surface area contributed by atoms with Crippen LogP contribution in [0.4, 0.5) is 0 Å². The van der Waals surface area contributed by atoms with Crippen molar-refractivity contribution in [3.8, 4) is 23.0 Å². The van der Waals surface area contributed by atoms with E-state index in [0.717, 1.165) is 33.5 Å². The molecule has 0 N–H and O–H groups in total. The first kappa shape index (κ1) is 22.9. The minimum Gasteiger partial charge on any atom is -0.493 e. The van der Waals surface area contributed by atoms with Crippen molar-refractivity contribution in [3.05, 3.63) is 83.2 Å². The highest BCUT2D eigenvalue weighted by Crippen LogP contribution is 2.33. The Balaban J connectivity index is 1.79. The fourth-order valence-corrected chi connectivity index (χ4v) is 3.70. The second-order valence-corrected chi connectivity index (χ2v) is 7.31. The average molecular weight is 455 g/mol. The molecule has 172 valence electrons. The van der Waals surface area contributed by atoms with E-state index in [-0.39, 0.29) is 0 Å². The van der Waals surface area contributed by atoms with Crippen molar-refractivity contribution in [1.29, 1.82) is 0 Å². The van der Waals surface area contributed by atoms with Gasteiger partial charge in [-0.1, -0.05) is 36.4 Å². The largest absolute Gasteiger partial charge is 0.493 e. The highest BCUT2D eigenvalue weighted by molar-refractivity contribution is 5.84. The monoisotopic (exact) mass is 454 g/mol. The highest BCUT2D eigenvalue weighted by Gasteiger charge is 2.10. The number of aromatic nitrogens is 2. The van der Waals surface area contributed by atoms with Gasteiger partial charge in [0.25, 0.3) is 0 Å². The number of hydrogen-bond donors (Lipinski definition) is 0. The van der Waals surface area contributed by atoms with Gasteiger partial charge in [-0.25, -0.2) is 9.97 Å². The summed E-state index contributed by atoms with van der Waals surface area (Å²) in [6.07, 6.45) is 7.76. The molecule has 4 aromatic rings. The van der Waals surface area contributed by atoms with E-state index in [1.807, 2.05) is 85.0 Å². The van der Waals surface area contributed by atoms with Crippen LogP contribution in [0.25, 0.3) is 35.3 Å². The number of para-hydroxylation sites is 4. The van der Waals surface area contributed by atoms with Crippen molar-refractivity contribution in [2.24, 2.45) is 0 Å². The molecule has 6 heteroatoms. The van der Waals surface area contributed by atoms with Gasteiger partial charge in [0.15, 0.2) is 23.0 Å². The van der Waals surface area contributed by atoms with Gasteiger partial charge in [0, 0.05) is 11.1 Å². The normalized spacial score (nSPS) is 11.3. The minimum atomic E-state index is 0.660. The predicted molar refractivity (Wildman–Crippen MR) is 136 cm³/mol. The number of nitrogens with zero attached hydrogens (tertiary/aromatic N) is 2. The number of ether oxygens (including phenoxy) is 4. The molecule has 0 aliphatic heterocycles. The summed E-state index contributed by atoms with van der Waals surface area (Å²) in [7, 11) is 6.49. The molecule has 0 fully saturated rings. The lowest BCUT2D eigenvalue weighted by Crippen LogP contribution is -1.95. The Morgan fingerprint density at radius 2 is 0.941 bits per heavy atom. The number of hydrogen-bond acceptors (Lipinski definition) is 6. The molecule has 0 bridgehead atoms. The van der Waals surface area contributed by atoms with Crippen molar-refractivity contribution in [1.82, 2.24) is 9.97 Å². The van der Waals surface area contributed by atoms with Crippen molar-refractivity contribution in [2.75, 3.05) is 28.4 Å². The van der Waals surface area contributed by atoms with Crippen LogP contribution in [0.1, 0.15) is 22.5 Å². The third-order valence-electron chi connectivity index (χ3n) is 5.33. The van der Waals surface area contributed by atoms with E-state index in [0.29, 0.717) is 23.0 Å². The van der Waals surface area contributed by atoms with E-state index in [1.165, 1.54) is 0 Å². The first-order chi connectivity index (χ1) is 16.7. The maximum absolute atomic E-state index is 5.56. The van der Waals surface area contributed by atoms with Crippen LogP contribution in [-0.2, 0) is 0 Å². The third kappa shape index (κ3) is 4.71. The van der Waals surface area contributed by atoms with Crippen LogP contribution in [0, 0.1) is 0 Å². The second-order valence-electron chi connectivity index (χ2n) is 7.31. The lowest BCUT2D eigenvalue weighted by atomic mass is 10.1. The van der Waals surface area contributed by atoms with E-state index in [4.69, 9.17) is 28.9 Å². The summed E-state index contributed by atoms with van der Waals surface area (Å²) in [6, 6.07) is 19.3. The molecule has 0 spiro atoms. The molecule has 0 aliphatic carbocycles. The summed E-state index contributed by atoms with van der Waals surface area (Å²) in [5, 5.41) is 0. The van der Waals surface area contributed by atoms with E-state index in [2.05, 4.69) is 0 Å². The van der Waals surface area contributed by atoms with Crippen LogP contribution in [0.15, 0.2) is 60.7 Å². The predicted octanol–water partition coefficient (Wildman–Crippen LogP) is 6.01. The van der Waals surface area contributed by atoms with Crippen molar-refractivity contribution in [3.63, 3.8) is 0 Å². The van der Waals surface area contributed by atoms with Crippen LogP contribution in [0.5, 0.6) is 23.0 Å². The molecule has 1 aromatic heterocycles. The molecule has 4 rings (SSSR count). The Morgan fingerprint density at radius 3 is 1.32 bits per heavy atom. The summed E-state index contributed by atoms with van der Waals surface area (Å²) < 4.78 is 22.0. The van der Waals surface area contributed by atoms with Gasteiger partial charge in [-0.2, -0.15) is 0 Å². The zero-order valence-electron chi connectivity index (χ0n) is 19.6. The Hall–Kier alpha value is -4.32. The standard InChI is InChI=1S/C28H26N2O4/c1-31-25-13-7-9-19(27(25)33-3)15-17-23-24(30-22-12-6-5-11-21(22)29-23)18-16-20-10-8-14-26(32-2)28(20)34-4/h5-18H,1-4H3/b17-15-,18-16+. The highest BCUT2D eigenvalue weighted by atomic mass is 16.5. The molecule has 0 saturated heterocycles. The van der Waals surface area contributed by atoms with Crippen LogP contribution in [-0.4, -0.2) is 38.4 Å². The van der Waals surface area contributed by atoms with Gasteiger partial charge in [0.1, 0.15) is 0 Å². The van der Waals surface area contributed by atoms with E-state index in [9.17, 15) is 0 Å². The number of methoxy groups -OCH3 is 4. The Labute approximate surface area is 199 Å². The van der Waals surface area contributed by atoms with E-state index in [1.54, 1.807) is 28.4 Å². The zero-order valence-corrected chi connectivity index (χ0v) is 19.6. The van der Waals surface area contributed by atoms with Gasteiger partial charge in [-0.3, -0.25) is 0 Å². The fraction of sp³-hybridized carbons (Fsp3) is 0.143. The molecule has 0 radical (unpaired) electrons. The number of rotatable bonds is 8. The second kappa shape index (κ2) is 10.5. The van der Waals surface area contributed by atoms with Gasteiger partial charge < -0.3 is 18.9 Å². The molecule has 0 unspecified atom stereocenters. The van der Waals surface area contributed by atoms with Crippen LogP contribution in [0.3, 0.4) is 0 Å². The number of benzene rings is 3. The molecule has 34 heavy (non-hydrogen) atoms. The van der Waals surface area contributed by atoms with Gasteiger partial charge in [0.05, 0.1) is 50.9 Å². The Bertz CT molecular complexity index is 1260. The summed E-state index contributed by atoms with van der Waals surface area (Å²) in [6.45, 7) is 0. The van der Waals surface area contributed by atoms with Gasteiger partial charge in [-0.05, 0) is 48.6 Å². The van der Waals surface area contributed by atoms with Crippen LogP contribution >= 0.6 is 0 Å². The zero-order chi connectivity index (χ0) is 23.9. The van der Waals surface area contributed by atoms with Crippen LogP contribution in [0.2, 0.25) is 0 Å². The minimum absolute atomic E-state index is 0.660. The van der Waals surface area contributed by atoms with E-state index < -0.39 is 0 Å². The summed E-state index contributed by atoms with van der Waals surface area (Å²) >= 11 is 0. The molecule has 0 atom stereocenters. The summed E-state index contributed by atoms with van der Waals surface area (Å²) in [5.74, 6) is 2.65. The maximum atomic E-state index is 5.56. The van der Waals surface area contributed by atoms with Gasteiger partial charge in [0.2, 0.25) is 0 Å². The maximum Gasteiger partial charge on any atom is 0.167 e. The molecular formula is C28H26N2O4. The first-order valence-corrected chi connectivity index (χ1v) is 10.7. The molecule has 0 saturated carbocycles. The molecule has 1 heterocycles. The van der Waals surface area contributed by atoms with Crippen molar-refractivity contribution in [2.45, 2.75) is 0 Å². The lowest BCUT2D eigenvalue weighted by Gasteiger charge is -2.10. The molecule has 3 aromatic carbocycles. The summed E-state index contributed by atoms with van der Waals surface area (Å²) in [5.41, 5.74) is 4.83. The lowest BCUT2D eigenvalue weighted by molar-refractivity contribution is 0.354. The smallest absolute Gasteiger partial charge is 0.167 e. The third-order valence-corrected chi connectivity index (χ3v) is 5.33. The van der Waals surface area contributed by atoms with Gasteiger partial charge in [-0.15, -0.1) is 0 Å². The Morgan fingerprint density at radius 1 is 0.500 bits per heavy atom. The molecule has 0 aliphatic rings. The molecule has 6 nitrogen and oxygen atoms in total. The number of fused-ring (bicyclic) bond motifs is 1. The average Bonchev–Trinajstić information content (AvgIpc) is 2.89. The van der Waals surface area contributed by atoms with E-state index >= 15 is 0 Å². The molecular weight excluding hydrogens is 428 g/mol. The van der Waals surface area contributed by atoms with Gasteiger partial charge >= 0.3 is 0 Å². The summed E-state index contributed by atoms with van der Waals surface area (Å²) in [4.78, 5) is 9.70. The SMILES string of the molecule is COc1cccc(/C=C\c2nc3ccccc3nc2/C=C/c2cccc(OC)c2OC)c1OC.